The fourth-order valence-electron chi connectivity index (χ4n) is 2.41. The van der Waals surface area contributed by atoms with Crippen LogP contribution in [0.3, 0.4) is 0 Å². The summed E-state index contributed by atoms with van der Waals surface area (Å²) >= 11 is 0. The second-order valence-electron chi connectivity index (χ2n) is 5.76. The van der Waals surface area contributed by atoms with E-state index >= 15 is 0 Å². The third kappa shape index (κ3) is 5.03. The number of nitrogens with two attached hydrogens (primary N) is 1. The van der Waals surface area contributed by atoms with Crippen LogP contribution >= 0.6 is 0 Å². The van der Waals surface area contributed by atoms with E-state index in [1.807, 2.05) is 0 Å². The molecule has 2 aromatic heterocycles. The third-order valence-corrected chi connectivity index (χ3v) is 3.65. The number of nitrogen functional groups attached to an aromatic ring is 1. The van der Waals surface area contributed by atoms with Gasteiger partial charge < -0.3 is 16.2 Å². The zero-order valence-electron chi connectivity index (χ0n) is 14.9. The zero-order valence-corrected chi connectivity index (χ0v) is 14.9. The number of rotatable bonds is 5. The van der Waals surface area contributed by atoms with Crippen molar-refractivity contribution in [2.75, 3.05) is 11.1 Å². The molecule has 29 heavy (non-hydrogen) atoms. The number of amides is 3. The summed E-state index contributed by atoms with van der Waals surface area (Å²) in [4.78, 5) is 42.3. The highest BCUT2D eigenvalue weighted by Gasteiger charge is 2.13. The summed E-state index contributed by atoms with van der Waals surface area (Å²) < 4.78 is 1.56. The first-order chi connectivity index (χ1) is 13.9. The molecule has 2 heterocycles. The van der Waals surface area contributed by atoms with Crippen LogP contribution in [0.15, 0.2) is 49.1 Å². The van der Waals surface area contributed by atoms with Crippen molar-refractivity contribution in [1.82, 2.24) is 30.6 Å². The minimum absolute atomic E-state index is 0.00827. The molecule has 0 spiro atoms. The Morgan fingerprint density at radius 1 is 1.10 bits per heavy atom. The van der Waals surface area contributed by atoms with Gasteiger partial charge in [-0.25, -0.2) is 20.2 Å². The summed E-state index contributed by atoms with van der Waals surface area (Å²) in [5.41, 5.74) is 10.9. The van der Waals surface area contributed by atoms with Crippen molar-refractivity contribution < 1.29 is 19.5 Å². The average Bonchev–Trinajstić information content (AvgIpc) is 3.13. The third-order valence-electron chi connectivity index (χ3n) is 3.65. The number of anilines is 2. The lowest BCUT2D eigenvalue weighted by Crippen LogP contribution is -2.40. The van der Waals surface area contributed by atoms with Gasteiger partial charge in [-0.2, -0.15) is 5.10 Å². The van der Waals surface area contributed by atoms with E-state index in [2.05, 4.69) is 25.8 Å². The first-order valence-electron chi connectivity index (χ1n) is 8.21. The normalized spacial score (nSPS) is 10.2. The van der Waals surface area contributed by atoms with Gasteiger partial charge in [-0.05, 0) is 17.7 Å². The summed E-state index contributed by atoms with van der Waals surface area (Å²) in [6.07, 6.45) is 4.44. The van der Waals surface area contributed by atoms with Gasteiger partial charge in [0.15, 0.2) is 11.5 Å². The number of benzene rings is 1. The molecule has 12 nitrogen and oxygen atoms in total. The first-order valence-corrected chi connectivity index (χ1v) is 8.21. The maximum Gasteiger partial charge on any atom is 0.423 e. The molecule has 3 amide bonds. The number of carboxylic acid groups (broad SMARTS) is 1. The van der Waals surface area contributed by atoms with Crippen LogP contribution in [-0.4, -0.2) is 42.8 Å². The predicted octanol–water partition coefficient (Wildman–Crippen LogP) is 0.468. The number of nitrogens with one attached hydrogen (secondary N) is 3. The Balaban J connectivity index is 1.65. The van der Waals surface area contributed by atoms with Gasteiger partial charge in [0, 0.05) is 24.2 Å². The molecule has 0 aliphatic rings. The summed E-state index contributed by atoms with van der Waals surface area (Å²) in [5, 5.41) is 15.3. The van der Waals surface area contributed by atoms with Gasteiger partial charge in [0.2, 0.25) is 0 Å². The summed E-state index contributed by atoms with van der Waals surface area (Å²) in [6.45, 7) is 0.316. The summed E-state index contributed by atoms with van der Waals surface area (Å²) in [7, 11) is 0. The quantitative estimate of drug-likeness (QED) is 0.386. The highest BCUT2D eigenvalue weighted by molar-refractivity contribution is 6.05. The number of aromatic nitrogens is 4. The van der Waals surface area contributed by atoms with Crippen molar-refractivity contribution in [2.45, 2.75) is 6.54 Å². The van der Waals surface area contributed by atoms with Crippen LogP contribution in [0.5, 0.6) is 0 Å². The number of hydrazine groups is 1. The molecule has 0 unspecified atom stereocenters. The van der Waals surface area contributed by atoms with Crippen LogP contribution in [0.2, 0.25) is 0 Å². The van der Waals surface area contributed by atoms with Crippen molar-refractivity contribution in [1.29, 1.82) is 0 Å². The number of nitrogens with zero attached hydrogens (tertiary/aromatic N) is 4. The van der Waals surface area contributed by atoms with E-state index in [1.54, 1.807) is 40.6 Å². The van der Waals surface area contributed by atoms with E-state index in [-0.39, 0.29) is 17.1 Å². The van der Waals surface area contributed by atoms with Gasteiger partial charge in [0.1, 0.15) is 0 Å². The lowest BCUT2D eigenvalue weighted by atomic mass is 10.1. The van der Waals surface area contributed by atoms with Crippen molar-refractivity contribution in [3.63, 3.8) is 0 Å². The highest BCUT2D eigenvalue weighted by atomic mass is 16.4. The van der Waals surface area contributed by atoms with Gasteiger partial charge in [-0.1, -0.05) is 12.1 Å². The zero-order chi connectivity index (χ0) is 20.8. The van der Waals surface area contributed by atoms with E-state index in [9.17, 15) is 14.4 Å². The lowest BCUT2D eigenvalue weighted by molar-refractivity contribution is 0.0926. The SMILES string of the molecule is Nc1nccnc1C(=O)Nc1cnn(Cc2cccc(C(=O)NNC(=O)O)c2)c1. The Kier molecular flexibility index (Phi) is 5.64. The Labute approximate surface area is 163 Å². The number of carbonyl (C=O) groups excluding carboxylic acids is 2. The molecular weight excluding hydrogens is 380 g/mol. The molecular formula is C17H16N8O4. The first kappa shape index (κ1) is 19.3. The fourth-order valence-corrected chi connectivity index (χ4v) is 2.41. The minimum atomic E-state index is -1.37. The Morgan fingerprint density at radius 3 is 2.66 bits per heavy atom. The van der Waals surface area contributed by atoms with Crippen LogP contribution in [0.25, 0.3) is 0 Å². The Hall–Kier alpha value is -4.48. The average molecular weight is 396 g/mol. The predicted molar refractivity (Wildman–Crippen MR) is 101 cm³/mol. The fraction of sp³-hybridized carbons (Fsp3) is 0.0588. The molecule has 1 aromatic carbocycles. The topological polar surface area (TPSA) is 177 Å². The van der Waals surface area contributed by atoms with Crippen LogP contribution in [-0.2, 0) is 6.54 Å². The molecule has 0 fully saturated rings. The second-order valence-corrected chi connectivity index (χ2v) is 5.76. The van der Waals surface area contributed by atoms with Crippen molar-refractivity contribution in [3.8, 4) is 0 Å². The molecule has 148 valence electrons. The van der Waals surface area contributed by atoms with Crippen LogP contribution < -0.4 is 21.9 Å². The smallest absolute Gasteiger partial charge is 0.423 e. The van der Waals surface area contributed by atoms with Crippen molar-refractivity contribution in [3.05, 3.63) is 65.9 Å². The molecule has 0 atom stereocenters. The molecule has 0 bridgehead atoms. The van der Waals surface area contributed by atoms with Gasteiger partial charge in [-0.15, -0.1) is 0 Å². The molecule has 0 radical (unpaired) electrons. The van der Waals surface area contributed by atoms with E-state index in [0.29, 0.717) is 12.2 Å². The Bertz CT molecular complexity index is 1060. The van der Waals surface area contributed by atoms with Crippen molar-refractivity contribution in [2.24, 2.45) is 0 Å². The minimum Gasteiger partial charge on any atom is -0.464 e. The maximum absolute atomic E-state index is 12.2. The monoisotopic (exact) mass is 396 g/mol. The van der Waals surface area contributed by atoms with E-state index in [0.717, 1.165) is 5.56 Å². The van der Waals surface area contributed by atoms with E-state index < -0.39 is 17.9 Å². The molecule has 3 rings (SSSR count). The second kappa shape index (κ2) is 8.47. The number of carbonyl (C=O) groups is 3. The van der Waals surface area contributed by atoms with Gasteiger partial charge in [0.05, 0.1) is 18.4 Å². The van der Waals surface area contributed by atoms with Crippen molar-refractivity contribution >= 4 is 29.4 Å². The number of hydrogen-bond donors (Lipinski definition) is 5. The van der Waals surface area contributed by atoms with Gasteiger partial charge in [-0.3, -0.25) is 19.7 Å². The summed E-state index contributed by atoms with van der Waals surface area (Å²) in [5.74, 6) is -1.09. The molecule has 3 aromatic rings. The van der Waals surface area contributed by atoms with Gasteiger partial charge >= 0.3 is 6.09 Å². The molecule has 12 heteroatoms. The summed E-state index contributed by atoms with van der Waals surface area (Å²) in [6, 6.07) is 6.58. The Morgan fingerprint density at radius 2 is 1.90 bits per heavy atom. The lowest BCUT2D eigenvalue weighted by Gasteiger charge is -2.07. The molecule has 0 saturated heterocycles. The molecule has 0 aliphatic heterocycles. The maximum atomic E-state index is 12.2. The standard InChI is InChI=1S/C17H16N8O4/c18-14-13(19-4-5-20-14)16(27)22-12-7-21-25(9-12)8-10-2-1-3-11(6-10)15(26)23-24-17(28)29/h1-7,9,24H,8H2,(H2,18,20)(H,22,27)(H,23,26)(H,28,29). The molecule has 0 saturated carbocycles. The van der Waals surface area contributed by atoms with Gasteiger partial charge in [0.25, 0.3) is 11.8 Å². The van der Waals surface area contributed by atoms with Crippen LogP contribution in [0.1, 0.15) is 26.4 Å². The van der Waals surface area contributed by atoms with E-state index in [1.165, 1.54) is 18.6 Å². The largest absolute Gasteiger partial charge is 0.464 e. The molecule has 6 N–H and O–H groups in total. The van der Waals surface area contributed by atoms with Crippen LogP contribution in [0.4, 0.5) is 16.3 Å². The number of hydrogen-bond acceptors (Lipinski definition) is 7. The molecule has 0 aliphatic carbocycles. The van der Waals surface area contributed by atoms with Crippen LogP contribution in [0, 0.1) is 0 Å². The van der Waals surface area contributed by atoms with E-state index in [4.69, 9.17) is 10.8 Å². The highest BCUT2D eigenvalue weighted by Crippen LogP contribution is 2.12.